The number of methoxy groups -OCH3 is 2. The van der Waals surface area contributed by atoms with Gasteiger partial charge in [-0.3, -0.25) is 4.79 Å². The molecule has 0 atom stereocenters. The van der Waals surface area contributed by atoms with E-state index in [1.807, 2.05) is 30.3 Å². The number of hydrogen-bond acceptors (Lipinski definition) is 6. The van der Waals surface area contributed by atoms with Crippen molar-refractivity contribution >= 4 is 17.2 Å². The van der Waals surface area contributed by atoms with Crippen LogP contribution in [0, 0.1) is 0 Å². The Morgan fingerprint density at radius 1 is 1.12 bits per heavy atom. The summed E-state index contributed by atoms with van der Waals surface area (Å²) in [5, 5.41) is 5.40. The van der Waals surface area contributed by atoms with E-state index < -0.39 is 0 Å². The fourth-order valence-electron chi connectivity index (χ4n) is 2.34. The average Bonchev–Trinajstić information content (AvgIpc) is 3.19. The third kappa shape index (κ3) is 4.37. The second-order valence-electron chi connectivity index (χ2n) is 5.48. The number of nitrogens with one attached hydrogen (secondary N) is 1. The van der Waals surface area contributed by atoms with Crippen LogP contribution in [0.5, 0.6) is 11.6 Å². The monoisotopic (exact) mass is 369 g/mol. The predicted molar refractivity (Wildman–Crippen MR) is 101 cm³/mol. The van der Waals surface area contributed by atoms with E-state index in [1.54, 1.807) is 31.9 Å². The van der Waals surface area contributed by atoms with Crippen molar-refractivity contribution in [3.8, 4) is 22.2 Å². The number of carbonyl (C=O) groups is 1. The lowest BCUT2D eigenvalue weighted by atomic mass is 10.1. The lowest BCUT2D eigenvalue weighted by Gasteiger charge is -2.05. The highest BCUT2D eigenvalue weighted by Crippen LogP contribution is 2.24. The summed E-state index contributed by atoms with van der Waals surface area (Å²) in [7, 11) is 3.21. The topological polar surface area (TPSA) is 73.3 Å². The molecule has 134 valence electrons. The average molecular weight is 369 g/mol. The van der Waals surface area contributed by atoms with Crippen molar-refractivity contribution in [3.05, 3.63) is 59.2 Å². The third-order valence-corrected chi connectivity index (χ3v) is 4.68. The van der Waals surface area contributed by atoms with Crippen molar-refractivity contribution in [3.63, 3.8) is 0 Å². The first-order valence-electron chi connectivity index (χ1n) is 8.06. The molecule has 0 aliphatic heterocycles. The van der Waals surface area contributed by atoms with Crippen molar-refractivity contribution in [2.75, 3.05) is 20.8 Å². The van der Waals surface area contributed by atoms with E-state index in [2.05, 4.69) is 15.3 Å². The van der Waals surface area contributed by atoms with E-state index in [0.29, 0.717) is 18.1 Å². The van der Waals surface area contributed by atoms with E-state index in [9.17, 15) is 4.79 Å². The van der Waals surface area contributed by atoms with Gasteiger partial charge in [0.1, 0.15) is 16.5 Å². The van der Waals surface area contributed by atoms with E-state index in [1.165, 1.54) is 11.3 Å². The Morgan fingerprint density at radius 3 is 2.58 bits per heavy atom. The van der Waals surface area contributed by atoms with Crippen molar-refractivity contribution in [1.82, 2.24) is 15.3 Å². The molecule has 0 bridgehead atoms. The van der Waals surface area contributed by atoms with Gasteiger partial charge < -0.3 is 14.8 Å². The van der Waals surface area contributed by atoms with Gasteiger partial charge in [0, 0.05) is 29.8 Å². The molecule has 0 radical (unpaired) electrons. The van der Waals surface area contributed by atoms with E-state index >= 15 is 0 Å². The summed E-state index contributed by atoms with van der Waals surface area (Å²) in [6.45, 7) is 0.544. The molecule has 0 spiro atoms. The van der Waals surface area contributed by atoms with Gasteiger partial charge in [-0.2, -0.15) is 0 Å². The van der Waals surface area contributed by atoms with Gasteiger partial charge in [-0.05, 0) is 30.2 Å². The molecule has 0 fully saturated rings. The molecule has 0 unspecified atom stereocenters. The Morgan fingerprint density at radius 2 is 1.92 bits per heavy atom. The first kappa shape index (κ1) is 17.9. The van der Waals surface area contributed by atoms with Gasteiger partial charge in [-0.1, -0.05) is 12.1 Å². The number of aromatic nitrogens is 2. The van der Waals surface area contributed by atoms with E-state index in [4.69, 9.17) is 9.47 Å². The number of ether oxygens (including phenoxy) is 2. The molecule has 26 heavy (non-hydrogen) atoms. The van der Waals surface area contributed by atoms with Crippen molar-refractivity contribution in [2.45, 2.75) is 6.42 Å². The lowest BCUT2D eigenvalue weighted by Crippen LogP contribution is -2.25. The van der Waals surface area contributed by atoms with Gasteiger partial charge in [0.15, 0.2) is 0 Å². The minimum atomic E-state index is -0.178. The molecule has 0 saturated heterocycles. The molecule has 0 aliphatic carbocycles. The Kier molecular flexibility index (Phi) is 5.80. The summed E-state index contributed by atoms with van der Waals surface area (Å²) in [5.41, 5.74) is 2.40. The van der Waals surface area contributed by atoms with Gasteiger partial charge in [0.25, 0.3) is 5.91 Å². The number of rotatable bonds is 7. The number of nitrogens with zero attached hydrogens (tertiary/aromatic N) is 2. The van der Waals surface area contributed by atoms with Crippen LogP contribution in [0.2, 0.25) is 0 Å². The van der Waals surface area contributed by atoms with Gasteiger partial charge in [-0.15, -0.1) is 11.3 Å². The van der Waals surface area contributed by atoms with Crippen LogP contribution in [-0.2, 0) is 6.42 Å². The first-order chi connectivity index (χ1) is 12.7. The molecule has 0 saturated carbocycles. The minimum Gasteiger partial charge on any atom is -0.497 e. The van der Waals surface area contributed by atoms with Crippen molar-refractivity contribution < 1.29 is 14.3 Å². The maximum atomic E-state index is 12.3. The number of benzene rings is 1. The number of thiazole rings is 1. The van der Waals surface area contributed by atoms with Crippen molar-refractivity contribution in [2.24, 2.45) is 0 Å². The van der Waals surface area contributed by atoms with Gasteiger partial charge in [0.2, 0.25) is 5.88 Å². The SMILES string of the molecule is COc1ccc(CCNC(=O)c2csc(-c3ccc(OC)nc3)n2)cc1. The first-order valence-corrected chi connectivity index (χ1v) is 8.94. The normalized spacial score (nSPS) is 10.4. The molecular weight excluding hydrogens is 350 g/mol. The lowest BCUT2D eigenvalue weighted by molar-refractivity contribution is 0.0950. The summed E-state index contributed by atoms with van der Waals surface area (Å²) in [5.74, 6) is 1.19. The molecule has 3 rings (SSSR count). The molecule has 2 heterocycles. The molecule has 2 aromatic heterocycles. The summed E-state index contributed by atoms with van der Waals surface area (Å²) >= 11 is 1.41. The number of carbonyl (C=O) groups excluding carboxylic acids is 1. The summed E-state index contributed by atoms with van der Waals surface area (Å²) in [4.78, 5) is 20.8. The summed E-state index contributed by atoms with van der Waals surface area (Å²) in [6.07, 6.45) is 2.43. The third-order valence-electron chi connectivity index (χ3n) is 3.79. The van der Waals surface area contributed by atoms with Gasteiger partial charge in [-0.25, -0.2) is 9.97 Å². The summed E-state index contributed by atoms with van der Waals surface area (Å²) < 4.78 is 10.2. The number of hydrogen-bond donors (Lipinski definition) is 1. The second kappa shape index (κ2) is 8.44. The zero-order valence-electron chi connectivity index (χ0n) is 14.6. The van der Waals surface area contributed by atoms with Gasteiger partial charge in [0.05, 0.1) is 14.2 Å². The maximum Gasteiger partial charge on any atom is 0.270 e. The van der Waals surface area contributed by atoms with Crippen LogP contribution in [0.1, 0.15) is 16.1 Å². The molecule has 7 heteroatoms. The minimum absolute atomic E-state index is 0.178. The Bertz CT molecular complexity index is 860. The Labute approximate surface area is 155 Å². The predicted octanol–water partition coefficient (Wildman–Crippen LogP) is 3.19. The molecule has 0 aliphatic rings. The quantitative estimate of drug-likeness (QED) is 0.692. The van der Waals surface area contributed by atoms with E-state index in [-0.39, 0.29) is 5.91 Å². The molecule has 1 N–H and O–H groups in total. The highest BCUT2D eigenvalue weighted by atomic mass is 32.1. The zero-order chi connectivity index (χ0) is 18.4. The molecule has 6 nitrogen and oxygen atoms in total. The molecule has 1 aromatic carbocycles. The zero-order valence-corrected chi connectivity index (χ0v) is 15.4. The maximum absolute atomic E-state index is 12.3. The van der Waals surface area contributed by atoms with Crippen LogP contribution in [0.3, 0.4) is 0 Å². The van der Waals surface area contributed by atoms with Crippen LogP contribution in [0.25, 0.3) is 10.6 Å². The fraction of sp³-hybridized carbons (Fsp3) is 0.211. The van der Waals surface area contributed by atoms with Crippen LogP contribution < -0.4 is 14.8 Å². The Hall–Kier alpha value is -2.93. The van der Waals surface area contributed by atoms with Crippen LogP contribution in [-0.4, -0.2) is 36.6 Å². The van der Waals surface area contributed by atoms with Crippen LogP contribution >= 0.6 is 11.3 Å². The Balaban J connectivity index is 1.55. The highest BCUT2D eigenvalue weighted by Gasteiger charge is 2.12. The highest BCUT2D eigenvalue weighted by molar-refractivity contribution is 7.13. The summed E-state index contributed by atoms with van der Waals surface area (Å²) in [6, 6.07) is 11.4. The standard InChI is InChI=1S/C19H19N3O3S/c1-24-15-6-3-13(4-7-15)9-10-20-18(23)16-12-26-19(22-16)14-5-8-17(25-2)21-11-14/h3-8,11-12H,9-10H2,1-2H3,(H,20,23). The fourth-order valence-corrected chi connectivity index (χ4v) is 3.13. The van der Waals surface area contributed by atoms with Crippen LogP contribution in [0.4, 0.5) is 0 Å². The van der Waals surface area contributed by atoms with Crippen molar-refractivity contribution in [1.29, 1.82) is 0 Å². The second-order valence-corrected chi connectivity index (χ2v) is 6.34. The van der Waals surface area contributed by atoms with Gasteiger partial charge >= 0.3 is 0 Å². The molecule has 3 aromatic rings. The number of amides is 1. The molecule has 1 amide bonds. The smallest absolute Gasteiger partial charge is 0.270 e. The van der Waals surface area contributed by atoms with Crippen LogP contribution in [0.15, 0.2) is 48.0 Å². The number of pyridine rings is 1. The molecular formula is C19H19N3O3S. The van der Waals surface area contributed by atoms with E-state index in [0.717, 1.165) is 28.3 Å². The largest absolute Gasteiger partial charge is 0.497 e.